The lowest BCUT2D eigenvalue weighted by Gasteiger charge is -2.39. The molecule has 1 aliphatic heterocycles. The fraction of sp³-hybridized carbons (Fsp3) is 0.273. The Kier molecular flexibility index (Phi) is 4.22. The first-order valence-corrected chi connectivity index (χ1v) is 8.99. The number of aryl methyl sites for hydroxylation is 1. The van der Waals surface area contributed by atoms with E-state index < -0.39 is 5.97 Å². The molecule has 0 radical (unpaired) electrons. The lowest BCUT2D eigenvalue weighted by molar-refractivity contribution is 0.0597. The number of esters is 1. The van der Waals surface area contributed by atoms with Crippen LogP contribution in [0.3, 0.4) is 0 Å². The van der Waals surface area contributed by atoms with Gasteiger partial charge in [0.15, 0.2) is 0 Å². The van der Waals surface area contributed by atoms with Crippen LogP contribution in [0.15, 0.2) is 48.6 Å². The first kappa shape index (κ1) is 17.3. The quantitative estimate of drug-likeness (QED) is 0.628. The normalized spacial score (nSPS) is 22.5. The zero-order valence-electron chi connectivity index (χ0n) is 15.2. The van der Waals surface area contributed by atoms with Gasteiger partial charge in [0.1, 0.15) is 0 Å². The third-order valence-corrected chi connectivity index (χ3v) is 5.65. The number of nitrogens with one attached hydrogen (secondary N) is 1. The van der Waals surface area contributed by atoms with Gasteiger partial charge in [0.25, 0.3) is 0 Å². The van der Waals surface area contributed by atoms with Crippen LogP contribution in [0.2, 0.25) is 0 Å². The van der Waals surface area contributed by atoms with E-state index in [2.05, 4.69) is 17.5 Å². The molecular weight excluding hydrogens is 342 g/mol. The number of benzene rings is 2. The zero-order valence-corrected chi connectivity index (χ0v) is 15.2. The summed E-state index contributed by atoms with van der Waals surface area (Å²) in [5.41, 5.74) is 4.97. The SMILES string of the molecule is COC(=O)c1ccc(C)c2c1[C@@H]1C=CC[C@H]1[C@H](c1ccc(C(=O)O)cc1)N2. The molecule has 3 atom stereocenters. The minimum atomic E-state index is -0.928. The fourth-order valence-electron chi connectivity index (χ4n) is 4.31. The van der Waals surface area contributed by atoms with Crippen LogP contribution in [-0.2, 0) is 4.74 Å². The van der Waals surface area contributed by atoms with Crippen molar-refractivity contribution in [3.05, 3.63) is 76.4 Å². The van der Waals surface area contributed by atoms with Crippen molar-refractivity contribution in [1.82, 2.24) is 0 Å². The number of methoxy groups -OCH3 is 1. The molecule has 0 saturated heterocycles. The molecule has 0 unspecified atom stereocenters. The second kappa shape index (κ2) is 6.58. The van der Waals surface area contributed by atoms with Crippen LogP contribution in [0.25, 0.3) is 0 Å². The van der Waals surface area contributed by atoms with Gasteiger partial charge in [0.2, 0.25) is 0 Å². The molecule has 2 N–H and O–H groups in total. The van der Waals surface area contributed by atoms with Crippen LogP contribution in [0.4, 0.5) is 5.69 Å². The van der Waals surface area contributed by atoms with E-state index in [1.807, 2.05) is 31.2 Å². The van der Waals surface area contributed by atoms with Gasteiger partial charge < -0.3 is 15.2 Å². The predicted molar refractivity (Wildman–Crippen MR) is 102 cm³/mol. The van der Waals surface area contributed by atoms with Gasteiger partial charge in [-0.05, 0) is 54.2 Å². The van der Waals surface area contributed by atoms with Crippen molar-refractivity contribution in [2.24, 2.45) is 5.92 Å². The Bertz CT molecular complexity index is 946. The number of hydrogen-bond donors (Lipinski definition) is 2. The van der Waals surface area contributed by atoms with Gasteiger partial charge in [0, 0.05) is 11.6 Å². The molecule has 1 aliphatic carbocycles. The lowest BCUT2D eigenvalue weighted by atomic mass is 9.74. The van der Waals surface area contributed by atoms with Crippen LogP contribution in [0, 0.1) is 12.8 Å². The first-order valence-electron chi connectivity index (χ1n) is 8.99. The van der Waals surface area contributed by atoms with Crippen molar-refractivity contribution in [3.63, 3.8) is 0 Å². The summed E-state index contributed by atoms with van der Waals surface area (Å²) in [4.78, 5) is 23.4. The summed E-state index contributed by atoms with van der Waals surface area (Å²) in [7, 11) is 1.40. The second-order valence-corrected chi connectivity index (χ2v) is 7.11. The van der Waals surface area contributed by atoms with E-state index in [1.54, 1.807) is 12.1 Å². The maximum Gasteiger partial charge on any atom is 0.338 e. The van der Waals surface area contributed by atoms with Crippen LogP contribution >= 0.6 is 0 Å². The van der Waals surface area contributed by atoms with Gasteiger partial charge in [-0.2, -0.15) is 0 Å². The van der Waals surface area contributed by atoms with E-state index in [4.69, 9.17) is 9.84 Å². The van der Waals surface area contributed by atoms with Crippen molar-refractivity contribution in [1.29, 1.82) is 0 Å². The zero-order chi connectivity index (χ0) is 19.1. The summed E-state index contributed by atoms with van der Waals surface area (Å²) in [6, 6.07) is 10.9. The highest BCUT2D eigenvalue weighted by Gasteiger charge is 2.40. The molecule has 0 spiro atoms. The summed E-state index contributed by atoms with van der Waals surface area (Å²) in [6.45, 7) is 2.02. The molecule has 5 heteroatoms. The highest BCUT2D eigenvalue weighted by molar-refractivity contribution is 5.94. The van der Waals surface area contributed by atoms with Crippen molar-refractivity contribution >= 4 is 17.6 Å². The molecule has 0 fully saturated rings. The van der Waals surface area contributed by atoms with Crippen LogP contribution in [0.1, 0.15) is 55.8 Å². The molecule has 5 nitrogen and oxygen atoms in total. The van der Waals surface area contributed by atoms with Gasteiger partial charge in [-0.25, -0.2) is 9.59 Å². The Morgan fingerprint density at radius 2 is 1.89 bits per heavy atom. The van der Waals surface area contributed by atoms with Crippen molar-refractivity contribution in [2.75, 3.05) is 12.4 Å². The van der Waals surface area contributed by atoms with E-state index >= 15 is 0 Å². The molecule has 2 aromatic carbocycles. The Hall–Kier alpha value is -3.08. The van der Waals surface area contributed by atoms with Crippen molar-refractivity contribution in [2.45, 2.75) is 25.3 Å². The predicted octanol–water partition coefficient (Wildman–Crippen LogP) is 4.31. The number of carbonyl (C=O) groups excluding carboxylic acids is 1. The molecule has 0 aromatic heterocycles. The Labute approximate surface area is 157 Å². The number of carbonyl (C=O) groups is 2. The molecule has 4 rings (SSSR count). The molecule has 2 aromatic rings. The molecule has 138 valence electrons. The van der Waals surface area contributed by atoms with Gasteiger partial charge in [-0.1, -0.05) is 30.4 Å². The van der Waals surface area contributed by atoms with Crippen molar-refractivity contribution in [3.8, 4) is 0 Å². The molecule has 27 heavy (non-hydrogen) atoms. The van der Waals surface area contributed by atoms with E-state index in [0.717, 1.165) is 28.8 Å². The minimum Gasteiger partial charge on any atom is -0.478 e. The van der Waals surface area contributed by atoms with Crippen LogP contribution in [0.5, 0.6) is 0 Å². The number of fused-ring (bicyclic) bond motifs is 3. The third kappa shape index (κ3) is 2.79. The fourth-order valence-corrected chi connectivity index (χ4v) is 4.31. The van der Waals surface area contributed by atoms with Gasteiger partial charge in [-0.15, -0.1) is 0 Å². The lowest BCUT2D eigenvalue weighted by Crippen LogP contribution is -2.31. The summed E-state index contributed by atoms with van der Waals surface area (Å²) >= 11 is 0. The molecule has 0 saturated carbocycles. The van der Waals surface area contributed by atoms with E-state index in [9.17, 15) is 9.59 Å². The number of rotatable bonds is 3. The molecular formula is C22H21NO4. The van der Waals surface area contributed by atoms with Crippen molar-refractivity contribution < 1.29 is 19.4 Å². The average molecular weight is 363 g/mol. The van der Waals surface area contributed by atoms with Gasteiger partial charge in [-0.3, -0.25) is 0 Å². The third-order valence-electron chi connectivity index (χ3n) is 5.65. The second-order valence-electron chi connectivity index (χ2n) is 7.11. The molecule has 0 bridgehead atoms. The van der Waals surface area contributed by atoms with Crippen LogP contribution < -0.4 is 5.32 Å². The summed E-state index contributed by atoms with van der Waals surface area (Å²) in [6.07, 6.45) is 5.24. The number of carboxylic acids is 1. The summed E-state index contributed by atoms with van der Waals surface area (Å²) in [5, 5.41) is 12.8. The smallest absolute Gasteiger partial charge is 0.338 e. The number of hydrogen-bond acceptors (Lipinski definition) is 4. The highest BCUT2D eigenvalue weighted by Crippen LogP contribution is 2.51. The highest BCUT2D eigenvalue weighted by atomic mass is 16.5. The number of carboxylic acid groups (broad SMARTS) is 1. The standard InChI is InChI=1S/C22H21NO4/c1-12-6-11-17(22(26)27-2)18-15-4-3-5-16(15)20(23-19(12)18)13-7-9-14(10-8-13)21(24)25/h3-4,6-11,15-16,20,23H,5H2,1-2H3,(H,24,25)/t15-,16-,20+/m1/s1. The maximum atomic E-state index is 12.3. The maximum absolute atomic E-state index is 12.3. The summed E-state index contributed by atoms with van der Waals surface area (Å²) in [5.74, 6) is -0.864. The minimum absolute atomic E-state index is 0.0481. The molecule has 0 amide bonds. The summed E-state index contributed by atoms with van der Waals surface area (Å²) < 4.78 is 4.99. The van der Waals surface area contributed by atoms with E-state index in [-0.39, 0.29) is 29.4 Å². The topological polar surface area (TPSA) is 75.6 Å². The van der Waals surface area contributed by atoms with E-state index in [0.29, 0.717) is 5.56 Å². The monoisotopic (exact) mass is 363 g/mol. The number of allylic oxidation sites excluding steroid dienone is 2. The number of aromatic carboxylic acids is 1. The van der Waals surface area contributed by atoms with Gasteiger partial charge in [0.05, 0.1) is 24.3 Å². The largest absolute Gasteiger partial charge is 0.478 e. The van der Waals surface area contributed by atoms with Gasteiger partial charge >= 0.3 is 11.9 Å². The number of anilines is 1. The first-order chi connectivity index (χ1) is 13.0. The number of ether oxygens (including phenoxy) is 1. The van der Waals surface area contributed by atoms with E-state index in [1.165, 1.54) is 7.11 Å². The average Bonchev–Trinajstić information content (AvgIpc) is 3.17. The molecule has 1 heterocycles. The Morgan fingerprint density at radius 3 is 2.56 bits per heavy atom. The Balaban J connectivity index is 1.80. The Morgan fingerprint density at radius 1 is 1.15 bits per heavy atom. The van der Waals surface area contributed by atoms with Crippen LogP contribution in [-0.4, -0.2) is 24.2 Å². The molecule has 2 aliphatic rings.